The van der Waals surface area contributed by atoms with Gasteiger partial charge < -0.3 is 15.4 Å². The zero-order valence-corrected chi connectivity index (χ0v) is 16.1. The molecule has 0 aliphatic rings. The fourth-order valence-corrected chi connectivity index (χ4v) is 2.61. The lowest BCUT2D eigenvalue weighted by Crippen LogP contribution is -2.32. The van der Waals surface area contributed by atoms with E-state index in [1.165, 1.54) is 5.56 Å². The molecule has 0 atom stereocenters. The quantitative estimate of drug-likeness (QED) is 0.597. The van der Waals surface area contributed by atoms with Crippen molar-refractivity contribution < 1.29 is 9.53 Å². The van der Waals surface area contributed by atoms with Crippen molar-refractivity contribution in [1.82, 2.24) is 15.5 Å². The van der Waals surface area contributed by atoms with Gasteiger partial charge in [0.05, 0.1) is 12.2 Å². The van der Waals surface area contributed by atoms with E-state index in [-0.39, 0.29) is 6.03 Å². The van der Waals surface area contributed by atoms with Crippen LogP contribution in [0.3, 0.4) is 0 Å². The van der Waals surface area contributed by atoms with E-state index in [1.54, 1.807) is 6.07 Å². The summed E-state index contributed by atoms with van der Waals surface area (Å²) in [6.07, 6.45) is 0. The topological polar surface area (TPSA) is 76.1 Å². The molecule has 6 heteroatoms. The number of anilines is 1. The first-order chi connectivity index (χ1) is 13.6. The van der Waals surface area contributed by atoms with Gasteiger partial charge in [0.25, 0.3) is 0 Å². The average Bonchev–Trinajstić information content (AvgIpc) is 2.73. The molecule has 0 aliphatic carbocycles. The lowest BCUT2D eigenvalue weighted by Gasteiger charge is -2.10. The van der Waals surface area contributed by atoms with Crippen LogP contribution in [0.2, 0.25) is 0 Å². The largest absolute Gasteiger partial charge is 0.475 e. The van der Waals surface area contributed by atoms with E-state index in [0.29, 0.717) is 24.9 Å². The highest BCUT2D eigenvalue weighted by Crippen LogP contribution is 2.18. The first-order valence-corrected chi connectivity index (χ1v) is 9.28. The van der Waals surface area contributed by atoms with Crippen molar-refractivity contribution in [3.63, 3.8) is 0 Å². The molecule has 1 heterocycles. The molecule has 2 N–H and O–H groups in total. The Morgan fingerprint density at radius 3 is 2.36 bits per heavy atom. The molecular weight excluding hydrogens is 352 g/mol. The van der Waals surface area contributed by atoms with Gasteiger partial charge >= 0.3 is 6.03 Å². The second kappa shape index (κ2) is 9.50. The number of ether oxygens (including phenoxy) is 1. The Labute approximate surface area is 165 Å². The van der Waals surface area contributed by atoms with E-state index in [2.05, 4.69) is 34.7 Å². The summed E-state index contributed by atoms with van der Waals surface area (Å²) in [6, 6.07) is 21.0. The minimum atomic E-state index is -0.272. The summed E-state index contributed by atoms with van der Waals surface area (Å²) in [4.78, 5) is 11.9. The maximum Gasteiger partial charge on any atom is 0.319 e. The number of carbonyl (C=O) groups excluding carboxylic acids is 1. The number of rotatable bonds is 7. The number of urea groups is 1. The first-order valence-electron chi connectivity index (χ1n) is 9.28. The van der Waals surface area contributed by atoms with E-state index < -0.39 is 0 Å². The predicted octanol–water partition coefficient (Wildman–Crippen LogP) is 4.47. The third-order valence-electron chi connectivity index (χ3n) is 4.18. The lowest BCUT2D eigenvalue weighted by atomic mass is 10.0. The van der Waals surface area contributed by atoms with Crippen LogP contribution in [0.25, 0.3) is 11.3 Å². The van der Waals surface area contributed by atoms with E-state index in [1.807, 2.05) is 60.7 Å². The van der Waals surface area contributed by atoms with Crippen LogP contribution in [-0.2, 0) is 0 Å². The number of hydrogen-bond donors (Lipinski definition) is 2. The highest BCUT2D eigenvalue weighted by Gasteiger charge is 2.04. The van der Waals surface area contributed by atoms with Gasteiger partial charge in [-0.1, -0.05) is 56.3 Å². The molecule has 3 rings (SSSR count). The van der Waals surface area contributed by atoms with Gasteiger partial charge in [0.1, 0.15) is 6.61 Å². The van der Waals surface area contributed by atoms with Crippen LogP contribution in [0.4, 0.5) is 10.5 Å². The van der Waals surface area contributed by atoms with E-state index >= 15 is 0 Å². The molecule has 0 unspecified atom stereocenters. The minimum absolute atomic E-state index is 0.272. The monoisotopic (exact) mass is 376 g/mol. The Kier molecular flexibility index (Phi) is 6.57. The molecule has 28 heavy (non-hydrogen) atoms. The Balaban J connectivity index is 1.40. The average molecular weight is 376 g/mol. The number of nitrogens with one attached hydrogen (secondary N) is 2. The lowest BCUT2D eigenvalue weighted by molar-refractivity contribution is 0.246. The van der Waals surface area contributed by atoms with Crippen LogP contribution >= 0.6 is 0 Å². The maximum atomic E-state index is 11.9. The van der Waals surface area contributed by atoms with Crippen LogP contribution in [0, 0.1) is 0 Å². The SMILES string of the molecule is CC(C)c1ccc(NC(=O)NCCOc2ccc(-c3ccccc3)nn2)cc1. The Bertz CT molecular complexity index is 879. The van der Waals surface area contributed by atoms with Gasteiger partial charge in [-0.3, -0.25) is 0 Å². The van der Waals surface area contributed by atoms with Crippen molar-refractivity contribution in [2.45, 2.75) is 19.8 Å². The Hall–Kier alpha value is -3.41. The number of nitrogens with zero attached hydrogens (tertiary/aromatic N) is 2. The summed E-state index contributed by atoms with van der Waals surface area (Å²) in [5.41, 5.74) is 3.78. The van der Waals surface area contributed by atoms with Gasteiger partial charge in [-0.2, -0.15) is 0 Å². The maximum absolute atomic E-state index is 11.9. The normalized spacial score (nSPS) is 10.5. The second-order valence-electron chi connectivity index (χ2n) is 6.63. The van der Waals surface area contributed by atoms with Gasteiger partial charge in [0.2, 0.25) is 5.88 Å². The molecule has 3 aromatic rings. The summed E-state index contributed by atoms with van der Waals surface area (Å²) >= 11 is 0. The molecule has 2 amide bonds. The predicted molar refractivity (Wildman–Crippen MR) is 111 cm³/mol. The highest BCUT2D eigenvalue weighted by atomic mass is 16.5. The summed E-state index contributed by atoms with van der Waals surface area (Å²) in [5, 5.41) is 13.8. The first kappa shape index (κ1) is 19.4. The van der Waals surface area contributed by atoms with Crippen molar-refractivity contribution in [2.24, 2.45) is 0 Å². The number of amides is 2. The summed E-state index contributed by atoms with van der Waals surface area (Å²) in [6.45, 7) is 4.93. The van der Waals surface area contributed by atoms with Gasteiger partial charge in [-0.05, 0) is 29.7 Å². The van der Waals surface area contributed by atoms with Crippen molar-refractivity contribution in [1.29, 1.82) is 0 Å². The Morgan fingerprint density at radius 2 is 1.71 bits per heavy atom. The molecule has 1 aromatic heterocycles. The minimum Gasteiger partial charge on any atom is -0.475 e. The van der Waals surface area contributed by atoms with Crippen molar-refractivity contribution >= 4 is 11.7 Å². The molecule has 2 aromatic carbocycles. The fraction of sp³-hybridized carbons (Fsp3) is 0.227. The van der Waals surface area contributed by atoms with Crippen LogP contribution in [0.15, 0.2) is 66.7 Å². The van der Waals surface area contributed by atoms with Crippen molar-refractivity contribution in [2.75, 3.05) is 18.5 Å². The molecule has 0 radical (unpaired) electrons. The van der Waals surface area contributed by atoms with Gasteiger partial charge in [-0.15, -0.1) is 10.2 Å². The molecule has 0 spiro atoms. The van der Waals surface area contributed by atoms with E-state index in [9.17, 15) is 4.79 Å². The van der Waals surface area contributed by atoms with E-state index in [4.69, 9.17) is 4.74 Å². The van der Waals surface area contributed by atoms with Crippen LogP contribution in [0.5, 0.6) is 5.88 Å². The van der Waals surface area contributed by atoms with Crippen LogP contribution < -0.4 is 15.4 Å². The van der Waals surface area contributed by atoms with Gasteiger partial charge in [0, 0.05) is 17.3 Å². The summed E-state index contributed by atoms with van der Waals surface area (Å²) < 4.78 is 5.52. The number of aromatic nitrogens is 2. The highest BCUT2D eigenvalue weighted by molar-refractivity contribution is 5.89. The molecule has 0 saturated heterocycles. The molecule has 6 nitrogen and oxygen atoms in total. The van der Waals surface area contributed by atoms with E-state index in [0.717, 1.165) is 16.9 Å². The molecule has 0 saturated carbocycles. The third-order valence-corrected chi connectivity index (χ3v) is 4.18. The molecule has 0 fully saturated rings. The second-order valence-corrected chi connectivity index (χ2v) is 6.63. The Morgan fingerprint density at radius 1 is 0.964 bits per heavy atom. The van der Waals surface area contributed by atoms with Crippen molar-refractivity contribution in [3.05, 3.63) is 72.3 Å². The number of hydrogen-bond acceptors (Lipinski definition) is 4. The summed E-state index contributed by atoms with van der Waals surface area (Å²) in [5.74, 6) is 0.885. The number of carbonyl (C=O) groups is 1. The third kappa shape index (κ3) is 5.54. The molecule has 0 aliphatic heterocycles. The molecule has 144 valence electrons. The summed E-state index contributed by atoms with van der Waals surface area (Å²) in [7, 11) is 0. The number of benzene rings is 2. The van der Waals surface area contributed by atoms with Crippen LogP contribution in [-0.4, -0.2) is 29.4 Å². The molecular formula is C22H24N4O2. The standard InChI is InChI=1S/C22H24N4O2/c1-16(2)17-8-10-19(11-9-17)24-22(27)23-14-15-28-21-13-12-20(25-26-21)18-6-4-3-5-7-18/h3-13,16H,14-15H2,1-2H3,(H2,23,24,27). The van der Waals surface area contributed by atoms with Gasteiger partial charge in [0.15, 0.2) is 0 Å². The fourth-order valence-electron chi connectivity index (χ4n) is 2.61. The zero-order chi connectivity index (χ0) is 19.8. The zero-order valence-electron chi connectivity index (χ0n) is 16.1. The van der Waals surface area contributed by atoms with Crippen LogP contribution in [0.1, 0.15) is 25.3 Å². The smallest absolute Gasteiger partial charge is 0.319 e. The van der Waals surface area contributed by atoms with Gasteiger partial charge in [-0.25, -0.2) is 4.79 Å². The molecule has 0 bridgehead atoms. The van der Waals surface area contributed by atoms with Crippen molar-refractivity contribution in [3.8, 4) is 17.1 Å².